The van der Waals surface area contributed by atoms with E-state index in [0.717, 1.165) is 20.3 Å². The summed E-state index contributed by atoms with van der Waals surface area (Å²) in [6.07, 6.45) is 3.46. The molecule has 0 aliphatic heterocycles. The van der Waals surface area contributed by atoms with Crippen molar-refractivity contribution in [2.45, 2.75) is 5.03 Å². The van der Waals surface area contributed by atoms with Gasteiger partial charge >= 0.3 is 0 Å². The molecule has 0 aromatic carbocycles. The quantitative estimate of drug-likeness (QED) is 0.679. The van der Waals surface area contributed by atoms with Crippen molar-refractivity contribution in [3.05, 3.63) is 47.4 Å². The number of nitrogen functional groups attached to an aromatic ring is 1. The van der Waals surface area contributed by atoms with E-state index in [1.54, 1.807) is 12.2 Å². The molecule has 18 heavy (non-hydrogen) atoms. The molecule has 92 valence electrons. The smallest absolute Gasteiger partial charge is 0.182 e. The van der Waals surface area contributed by atoms with E-state index >= 15 is 0 Å². The number of rotatable bonds is 4. The fourth-order valence-corrected chi connectivity index (χ4v) is 2.99. The normalized spacial score (nSPS) is 11.7. The number of hydrogen-bond donors (Lipinski definition) is 1. The Bertz CT molecular complexity index is 646. The molecule has 0 aliphatic carbocycles. The van der Waals surface area contributed by atoms with Crippen LogP contribution >= 0.6 is 34.7 Å². The van der Waals surface area contributed by atoms with Gasteiger partial charge in [-0.15, -0.1) is 0 Å². The predicted octanol–water partition coefficient (Wildman–Crippen LogP) is 4.19. The fraction of sp³-hybridized carbons (Fsp3) is 0. The molecule has 0 fully saturated rings. The zero-order chi connectivity index (χ0) is 13.1. The molecule has 0 amide bonds. The molecule has 0 saturated heterocycles. The van der Waals surface area contributed by atoms with Gasteiger partial charge in [0, 0.05) is 9.94 Å². The number of anilines is 1. The Morgan fingerprint density at radius 2 is 2.22 bits per heavy atom. The molecule has 2 heterocycles. The number of pyridine rings is 1. The van der Waals surface area contributed by atoms with Crippen LogP contribution in [0.1, 0.15) is 0 Å². The first-order valence-electron chi connectivity index (χ1n) is 4.98. The van der Waals surface area contributed by atoms with E-state index in [0.29, 0.717) is 10.2 Å². The summed E-state index contributed by atoms with van der Waals surface area (Å²) < 4.78 is 0. The minimum Gasteiger partial charge on any atom is -0.375 e. The lowest BCUT2D eigenvalue weighted by molar-refractivity contribution is 1.20. The first-order chi connectivity index (χ1) is 8.60. The van der Waals surface area contributed by atoms with Crippen molar-refractivity contribution in [3.8, 4) is 0 Å². The van der Waals surface area contributed by atoms with Crippen molar-refractivity contribution < 1.29 is 0 Å². The van der Waals surface area contributed by atoms with Gasteiger partial charge in [-0.25, -0.2) is 9.97 Å². The van der Waals surface area contributed by atoms with Crippen molar-refractivity contribution in [3.63, 3.8) is 0 Å². The molecule has 0 atom stereocenters. The third-order valence-corrected chi connectivity index (χ3v) is 4.15. The molecule has 0 radical (unpaired) electrons. The van der Waals surface area contributed by atoms with E-state index in [4.69, 9.17) is 17.3 Å². The third kappa shape index (κ3) is 2.93. The zero-order valence-electron chi connectivity index (χ0n) is 9.39. The summed E-state index contributed by atoms with van der Waals surface area (Å²) in [7, 11) is 0. The van der Waals surface area contributed by atoms with Crippen LogP contribution in [0.3, 0.4) is 0 Å². The van der Waals surface area contributed by atoms with Gasteiger partial charge < -0.3 is 5.73 Å². The molecular formula is C12H10ClN3S2. The van der Waals surface area contributed by atoms with E-state index in [1.165, 1.54) is 23.1 Å². The third-order valence-electron chi connectivity index (χ3n) is 2.00. The van der Waals surface area contributed by atoms with E-state index in [1.807, 2.05) is 12.1 Å². The van der Waals surface area contributed by atoms with Gasteiger partial charge in [-0.05, 0) is 18.2 Å². The van der Waals surface area contributed by atoms with Gasteiger partial charge in [-0.3, -0.25) is 0 Å². The summed E-state index contributed by atoms with van der Waals surface area (Å²) in [6, 6.07) is 3.77. The lowest BCUT2D eigenvalue weighted by atomic mass is 10.4. The highest BCUT2D eigenvalue weighted by Gasteiger charge is 2.07. The van der Waals surface area contributed by atoms with Crippen LogP contribution in [0.4, 0.5) is 5.13 Å². The predicted molar refractivity (Wildman–Crippen MR) is 81.0 cm³/mol. The highest BCUT2D eigenvalue weighted by atomic mass is 35.5. The van der Waals surface area contributed by atoms with E-state index in [-0.39, 0.29) is 0 Å². The van der Waals surface area contributed by atoms with Crippen LogP contribution in [-0.4, -0.2) is 9.97 Å². The van der Waals surface area contributed by atoms with E-state index in [9.17, 15) is 0 Å². The number of nitrogens with two attached hydrogens (primary N) is 1. The Morgan fingerprint density at radius 3 is 2.89 bits per heavy atom. The highest BCUT2D eigenvalue weighted by Crippen LogP contribution is 2.33. The molecule has 2 rings (SSSR count). The van der Waals surface area contributed by atoms with Gasteiger partial charge in [-0.2, -0.15) is 0 Å². The Hall–Kier alpha value is -1.30. The van der Waals surface area contributed by atoms with Crippen molar-refractivity contribution in [2.24, 2.45) is 0 Å². The van der Waals surface area contributed by atoms with E-state index in [2.05, 4.69) is 23.1 Å². The fourth-order valence-electron chi connectivity index (χ4n) is 1.27. The number of thioether (sulfide) groups is 1. The molecular weight excluding hydrogens is 286 g/mol. The van der Waals surface area contributed by atoms with Crippen LogP contribution in [0.25, 0.3) is 10.3 Å². The van der Waals surface area contributed by atoms with Crippen molar-refractivity contribution in [1.82, 2.24) is 9.97 Å². The lowest BCUT2D eigenvalue weighted by Gasteiger charge is -2.03. The second-order valence-corrected chi connectivity index (χ2v) is 5.83. The van der Waals surface area contributed by atoms with Gasteiger partial charge in [0.25, 0.3) is 0 Å². The maximum atomic E-state index is 5.91. The molecule has 6 heteroatoms. The average molecular weight is 296 g/mol. The summed E-state index contributed by atoms with van der Waals surface area (Å²) in [6.45, 7) is 7.35. The number of aromatic nitrogens is 2. The molecule has 0 unspecified atom stereocenters. The molecule has 0 saturated carbocycles. The lowest BCUT2D eigenvalue weighted by Crippen LogP contribution is -1.82. The SMILES string of the molecule is C=C/C=C(/Sc1ccc2nc(N)sc2n1)C(=C)Cl. The van der Waals surface area contributed by atoms with Crippen molar-refractivity contribution in [1.29, 1.82) is 0 Å². The number of nitrogens with zero attached hydrogens (tertiary/aromatic N) is 2. The van der Waals surface area contributed by atoms with Gasteiger partial charge in [-0.1, -0.05) is 53.9 Å². The molecule has 0 bridgehead atoms. The first kappa shape index (κ1) is 13.1. The van der Waals surface area contributed by atoms with Crippen molar-refractivity contribution in [2.75, 3.05) is 5.73 Å². The van der Waals surface area contributed by atoms with E-state index < -0.39 is 0 Å². The molecule has 0 spiro atoms. The number of thiazole rings is 1. The number of halogens is 1. The Morgan fingerprint density at radius 1 is 1.44 bits per heavy atom. The first-order valence-corrected chi connectivity index (χ1v) is 6.99. The summed E-state index contributed by atoms with van der Waals surface area (Å²) in [5.41, 5.74) is 6.44. The minimum absolute atomic E-state index is 0.464. The van der Waals surface area contributed by atoms with Gasteiger partial charge in [0.05, 0.1) is 0 Å². The molecule has 3 nitrogen and oxygen atoms in total. The number of allylic oxidation sites excluding steroid dienone is 3. The Balaban J connectivity index is 2.33. The van der Waals surface area contributed by atoms with Crippen LogP contribution in [-0.2, 0) is 0 Å². The Kier molecular flexibility index (Phi) is 4.06. The monoisotopic (exact) mass is 295 g/mol. The average Bonchev–Trinajstić information content (AvgIpc) is 2.67. The molecule has 2 aromatic heterocycles. The summed E-state index contributed by atoms with van der Waals surface area (Å²) in [5.74, 6) is 0. The van der Waals surface area contributed by atoms with Crippen molar-refractivity contribution >= 4 is 50.2 Å². The van der Waals surface area contributed by atoms with Crippen LogP contribution in [0, 0.1) is 0 Å². The highest BCUT2D eigenvalue weighted by molar-refractivity contribution is 8.03. The van der Waals surface area contributed by atoms with Gasteiger partial charge in [0.2, 0.25) is 0 Å². The number of fused-ring (bicyclic) bond motifs is 1. The summed E-state index contributed by atoms with van der Waals surface area (Å²) >= 11 is 8.70. The summed E-state index contributed by atoms with van der Waals surface area (Å²) in [5, 5.41) is 1.80. The topological polar surface area (TPSA) is 51.8 Å². The van der Waals surface area contributed by atoms with Crippen LogP contribution in [0.15, 0.2) is 52.4 Å². The van der Waals surface area contributed by atoms with Gasteiger partial charge in [0.15, 0.2) is 5.13 Å². The number of hydrogen-bond acceptors (Lipinski definition) is 5. The van der Waals surface area contributed by atoms with Crippen LogP contribution in [0.2, 0.25) is 0 Å². The largest absolute Gasteiger partial charge is 0.375 e. The zero-order valence-corrected chi connectivity index (χ0v) is 11.8. The van der Waals surface area contributed by atoms with Gasteiger partial charge in [0.1, 0.15) is 15.4 Å². The summed E-state index contributed by atoms with van der Waals surface area (Å²) in [4.78, 5) is 10.3. The second-order valence-electron chi connectivity index (χ2n) is 3.30. The molecule has 2 aromatic rings. The molecule has 0 aliphatic rings. The maximum Gasteiger partial charge on any atom is 0.182 e. The standard InChI is InChI=1S/C12H10ClN3S2/c1-3-4-9(7(2)13)17-10-6-5-8-11(16-10)18-12(14)15-8/h3-6H,1-2H2,(H2,14,15)/b9-4+. The van der Waals surface area contributed by atoms with Crippen LogP contribution < -0.4 is 5.73 Å². The van der Waals surface area contributed by atoms with Crippen LogP contribution in [0.5, 0.6) is 0 Å². The maximum absolute atomic E-state index is 5.91. The second kappa shape index (κ2) is 5.56. The minimum atomic E-state index is 0.464. The molecule has 2 N–H and O–H groups in total. The Labute approximate surface area is 118 Å².